The molecular formula is C20H20N2O3. The van der Waals surface area contributed by atoms with E-state index < -0.39 is 5.72 Å². The Balaban J connectivity index is 1.78. The molecule has 1 N–H and O–H groups in total. The van der Waals surface area contributed by atoms with Gasteiger partial charge in [0.15, 0.2) is 0 Å². The smallest absolute Gasteiger partial charge is 0.298 e. The van der Waals surface area contributed by atoms with Crippen LogP contribution in [-0.4, -0.2) is 18.4 Å². The standard InChI is InChI=1S/C20H20N2O3/c1-2-3-8-13-22-16-11-6-5-10-15(16)20(19(22)24)21-18(23)14-9-4-7-12-17(14)25-20/h4-7,9-12H,2-3,8,13H2,1H3,(H,21,23). The number of fused-ring (bicyclic) bond motifs is 3. The summed E-state index contributed by atoms with van der Waals surface area (Å²) < 4.78 is 6.10. The number of ether oxygens (including phenoxy) is 1. The fourth-order valence-electron chi connectivity index (χ4n) is 3.54. The maximum Gasteiger partial charge on any atom is 0.298 e. The fourth-order valence-corrected chi connectivity index (χ4v) is 3.54. The van der Waals surface area contributed by atoms with Gasteiger partial charge in [0, 0.05) is 6.54 Å². The molecule has 0 radical (unpaired) electrons. The van der Waals surface area contributed by atoms with Crippen LogP contribution >= 0.6 is 0 Å². The van der Waals surface area contributed by atoms with Gasteiger partial charge in [-0.05, 0) is 24.6 Å². The van der Waals surface area contributed by atoms with E-state index in [9.17, 15) is 9.59 Å². The lowest BCUT2D eigenvalue weighted by Gasteiger charge is -2.34. The Morgan fingerprint density at radius 1 is 1.04 bits per heavy atom. The second kappa shape index (κ2) is 5.92. The number of unbranched alkanes of at least 4 members (excludes halogenated alkanes) is 2. The van der Waals surface area contributed by atoms with Gasteiger partial charge < -0.3 is 15.0 Å². The van der Waals surface area contributed by atoms with Gasteiger partial charge in [0.25, 0.3) is 17.5 Å². The van der Waals surface area contributed by atoms with Gasteiger partial charge >= 0.3 is 0 Å². The van der Waals surface area contributed by atoms with Crippen molar-refractivity contribution in [2.24, 2.45) is 0 Å². The van der Waals surface area contributed by atoms with Crippen molar-refractivity contribution in [1.82, 2.24) is 5.32 Å². The van der Waals surface area contributed by atoms with E-state index in [2.05, 4.69) is 12.2 Å². The minimum Gasteiger partial charge on any atom is -0.453 e. The topological polar surface area (TPSA) is 58.6 Å². The number of nitrogens with zero attached hydrogens (tertiary/aromatic N) is 1. The molecule has 25 heavy (non-hydrogen) atoms. The number of rotatable bonds is 4. The molecule has 0 saturated heterocycles. The molecule has 2 aromatic rings. The van der Waals surface area contributed by atoms with Crippen molar-refractivity contribution in [3.63, 3.8) is 0 Å². The Bertz CT molecular complexity index is 848. The molecule has 128 valence electrons. The van der Waals surface area contributed by atoms with E-state index >= 15 is 0 Å². The van der Waals surface area contributed by atoms with Crippen molar-refractivity contribution in [1.29, 1.82) is 0 Å². The van der Waals surface area contributed by atoms with Gasteiger partial charge in [-0.1, -0.05) is 50.1 Å². The molecule has 0 aliphatic carbocycles. The number of amides is 2. The summed E-state index contributed by atoms with van der Waals surface area (Å²) in [6.45, 7) is 2.74. The molecule has 0 saturated carbocycles. The van der Waals surface area contributed by atoms with Crippen LogP contribution in [0.1, 0.15) is 42.1 Å². The van der Waals surface area contributed by atoms with Crippen molar-refractivity contribution in [3.8, 4) is 5.75 Å². The van der Waals surface area contributed by atoms with Crippen molar-refractivity contribution in [2.75, 3.05) is 11.4 Å². The van der Waals surface area contributed by atoms with Crippen molar-refractivity contribution < 1.29 is 14.3 Å². The highest BCUT2D eigenvalue weighted by Crippen LogP contribution is 2.44. The van der Waals surface area contributed by atoms with E-state index in [-0.39, 0.29) is 11.8 Å². The summed E-state index contributed by atoms with van der Waals surface area (Å²) in [5, 5.41) is 2.82. The maximum atomic E-state index is 13.3. The lowest BCUT2D eigenvalue weighted by molar-refractivity contribution is -0.136. The average Bonchev–Trinajstić information content (AvgIpc) is 2.85. The third-order valence-electron chi connectivity index (χ3n) is 4.79. The van der Waals surface area contributed by atoms with E-state index in [1.54, 1.807) is 29.2 Å². The van der Waals surface area contributed by atoms with Gasteiger partial charge in [-0.3, -0.25) is 9.59 Å². The van der Waals surface area contributed by atoms with Gasteiger partial charge in [0.2, 0.25) is 0 Å². The average molecular weight is 336 g/mol. The third kappa shape index (κ3) is 2.30. The second-order valence-electron chi connectivity index (χ2n) is 6.41. The summed E-state index contributed by atoms with van der Waals surface area (Å²) in [6, 6.07) is 14.5. The quantitative estimate of drug-likeness (QED) is 0.872. The third-order valence-corrected chi connectivity index (χ3v) is 4.79. The van der Waals surface area contributed by atoms with Crippen LogP contribution < -0.4 is 15.0 Å². The summed E-state index contributed by atoms with van der Waals surface area (Å²) in [6.07, 6.45) is 3.04. The summed E-state index contributed by atoms with van der Waals surface area (Å²) in [5.41, 5.74) is 0.485. The van der Waals surface area contributed by atoms with Gasteiger partial charge in [0.1, 0.15) is 5.75 Å². The largest absolute Gasteiger partial charge is 0.453 e. The summed E-state index contributed by atoms with van der Waals surface area (Å²) in [4.78, 5) is 27.6. The Kier molecular flexibility index (Phi) is 3.71. The molecule has 1 spiro atoms. The Hall–Kier alpha value is -2.82. The number of carbonyl (C=O) groups is 2. The summed E-state index contributed by atoms with van der Waals surface area (Å²) in [5.74, 6) is -0.0853. The van der Waals surface area contributed by atoms with Gasteiger partial charge in [0.05, 0.1) is 16.8 Å². The first-order valence-electron chi connectivity index (χ1n) is 8.69. The molecule has 2 aromatic carbocycles. The van der Waals surface area contributed by atoms with Crippen molar-refractivity contribution in [2.45, 2.75) is 31.9 Å². The van der Waals surface area contributed by atoms with E-state index in [4.69, 9.17) is 4.74 Å². The van der Waals surface area contributed by atoms with Crippen molar-refractivity contribution >= 4 is 17.5 Å². The van der Waals surface area contributed by atoms with Crippen LogP contribution in [0.4, 0.5) is 5.69 Å². The molecule has 2 amide bonds. The number of anilines is 1. The molecule has 5 nitrogen and oxygen atoms in total. The molecule has 5 heteroatoms. The number of benzene rings is 2. The molecular weight excluding hydrogens is 316 g/mol. The highest BCUT2D eigenvalue weighted by molar-refractivity contribution is 6.11. The maximum absolute atomic E-state index is 13.3. The lowest BCUT2D eigenvalue weighted by atomic mass is 10.0. The number of para-hydroxylation sites is 2. The molecule has 2 aliphatic heterocycles. The number of hydrogen-bond acceptors (Lipinski definition) is 3. The first-order valence-corrected chi connectivity index (χ1v) is 8.69. The molecule has 2 heterocycles. The van der Waals surface area contributed by atoms with E-state index in [1.807, 2.05) is 24.3 Å². The zero-order valence-electron chi connectivity index (χ0n) is 14.1. The molecule has 1 atom stereocenters. The lowest BCUT2D eigenvalue weighted by Crippen LogP contribution is -2.59. The molecule has 1 unspecified atom stereocenters. The zero-order chi connectivity index (χ0) is 17.4. The van der Waals surface area contributed by atoms with E-state index in [0.717, 1.165) is 24.9 Å². The van der Waals surface area contributed by atoms with E-state index in [0.29, 0.717) is 23.4 Å². The molecule has 4 rings (SSSR count). The van der Waals surface area contributed by atoms with Gasteiger partial charge in [-0.2, -0.15) is 0 Å². The summed E-state index contributed by atoms with van der Waals surface area (Å²) >= 11 is 0. The van der Waals surface area contributed by atoms with Crippen LogP contribution in [0.5, 0.6) is 5.75 Å². The minimum absolute atomic E-state index is 0.229. The van der Waals surface area contributed by atoms with Crippen LogP contribution in [0.15, 0.2) is 48.5 Å². The number of nitrogens with one attached hydrogen (secondary N) is 1. The first kappa shape index (κ1) is 15.7. The zero-order valence-corrected chi connectivity index (χ0v) is 14.1. The SMILES string of the molecule is CCCCCN1C(=O)C2(NC(=O)c3ccccc3O2)c2ccccc21. The van der Waals surface area contributed by atoms with Crippen LogP contribution in [0.3, 0.4) is 0 Å². The molecule has 0 fully saturated rings. The van der Waals surface area contributed by atoms with Gasteiger partial charge in [-0.25, -0.2) is 0 Å². The fraction of sp³-hybridized carbons (Fsp3) is 0.300. The molecule has 0 aromatic heterocycles. The second-order valence-corrected chi connectivity index (χ2v) is 6.41. The highest BCUT2D eigenvalue weighted by atomic mass is 16.5. The molecule has 2 aliphatic rings. The number of hydrogen-bond donors (Lipinski definition) is 1. The van der Waals surface area contributed by atoms with Crippen LogP contribution in [0.2, 0.25) is 0 Å². The summed E-state index contributed by atoms with van der Waals surface area (Å²) in [7, 11) is 0. The Morgan fingerprint density at radius 2 is 1.80 bits per heavy atom. The monoisotopic (exact) mass is 336 g/mol. The van der Waals surface area contributed by atoms with Crippen LogP contribution in [0, 0.1) is 0 Å². The van der Waals surface area contributed by atoms with Crippen LogP contribution in [-0.2, 0) is 10.5 Å². The van der Waals surface area contributed by atoms with Crippen LogP contribution in [0.25, 0.3) is 0 Å². The minimum atomic E-state index is -1.46. The predicted octanol–water partition coefficient (Wildman–Crippen LogP) is 3.20. The normalized spacial score (nSPS) is 20.9. The Labute approximate surface area is 146 Å². The molecule has 0 bridgehead atoms. The van der Waals surface area contributed by atoms with E-state index in [1.165, 1.54) is 0 Å². The first-order chi connectivity index (χ1) is 12.2. The highest BCUT2D eigenvalue weighted by Gasteiger charge is 2.56. The Morgan fingerprint density at radius 3 is 2.64 bits per heavy atom. The van der Waals surface area contributed by atoms with Crippen molar-refractivity contribution in [3.05, 3.63) is 59.7 Å². The predicted molar refractivity (Wildman–Crippen MR) is 94.5 cm³/mol. The van der Waals surface area contributed by atoms with Gasteiger partial charge in [-0.15, -0.1) is 0 Å². The number of carbonyl (C=O) groups excluding carboxylic acids is 2.